The number of carbonyl (C=O) groups is 1. The Morgan fingerprint density at radius 1 is 1.29 bits per heavy atom. The second kappa shape index (κ2) is 4.63. The largest absolute Gasteiger partial charge is 0.477 e. The lowest BCUT2D eigenvalue weighted by atomic mass is 10.1. The highest BCUT2D eigenvalue weighted by atomic mass is 79.9. The number of carboxylic acids is 1. The molecule has 0 saturated carbocycles. The van der Waals surface area contributed by atoms with Crippen molar-refractivity contribution in [2.75, 3.05) is 0 Å². The van der Waals surface area contributed by atoms with Gasteiger partial charge in [-0.05, 0) is 30.7 Å². The zero-order valence-electron chi connectivity index (χ0n) is 9.01. The van der Waals surface area contributed by atoms with Gasteiger partial charge in [0.2, 0.25) is 0 Å². The molecule has 5 heteroatoms. The van der Waals surface area contributed by atoms with Crippen molar-refractivity contribution in [1.82, 2.24) is 9.97 Å². The molecule has 1 N–H and O–H groups in total. The number of carboxylic acid groups (broad SMARTS) is 1. The Kier molecular flexibility index (Phi) is 3.19. The first kappa shape index (κ1) is 11.7. The van der Waals surface area contributed by atoms with Gasteiger partial charge in [-0.2, -0.15) is 0 Å². The number of nitrogens with zero attached hydrogens (tertiary/aromatic N) is 2. The summed E-state index contributed by atoms with van der Waals surface area (Å²) in [6.07, 6.45) is 1.26. The molecule has 2 aromatic rings. The summed E-state index contributed by atoms with van der Waals surface area (Å²) in [5.41, 5.74) is 2.53. The fourth-order valence-corrected chi connectivity index (χ4v) is 1.85. The SMILES string of the molecule is Cc1ccc(Br)cc1-c1cc(C(=O)O)ncn1. The van der Waals surface area contributed by atoms with Crippen molar-refractivity contribution in [3.05, 3.63) is 46.3 Å². The normalized spacial score (nSPS) is 10.2. The van der Waals surface area contributed by atoms with E-state index < -0.39 is 5.97 Å². The smallest absolute Gasteiger partial charge is 0.354 e. The highest BCUT2D eigenvalue weighted by molar-refractivity contribution is 9.10. The van der Waals surface area contributed by atoms with Crippen molar-refractivity contribution in [2.45, 2.75) is 6.92 Å². The van der Waals surface area contributed by atoms with Crippen LogP contribution in [0.3, 0.4) is 0 Å². The van der Waals surface area contributed by atoms with Gasteiger partial charge in [0.05, 0.1) is 5.69 Å². The Labute approximate surface area is 106 Å². The van der Waals surface area contributed by atoms with Crippen molar-refractivity contribution >= 4 is 21.9 Å². The van der Waals surface area contributed by atoms with Crippen LogP contribution in [0.1, 0.15) is 16.1 Å². The Morgan fingerprint density at radius 2 is 2.06 bits per heavy atom. The van der Waals surface area contributed by atoms with Crippen LogP contribution in [0.25, 0.3) is 11.3 Å². The summed E-state index contributed by atoms with van der Waals surface area (Å²) in [5, 5.41) is 8.88. The minimum atomic E-state index is -1.05. The van der Waals surface area contributed by atoms with E-state index in [1.807, 2.05) is 25.1 Å². The van der Waals surface area contributed by atoms with E-state index in [9.17, 15) is 4.79 Å². The molecule has 0 radical (unpaired) electrons. The molecule has 0 spiro atoms. The van der Waals surface area contributed by atoms with Gasteiger partial charge < -0.3 is 5.11 Å². The maximum Gasteiger partial charge on any atom is 0.354 e. The standard InChI is InChI=1S/C12H9BrN2O2/c1-7-2-3-8(13)4-9(7)10-5-11(12(16)17)15-6-14-10/h2-6H,1H3,(H,16,17). The van der Waals surface area contributed by atoms with Crippen molar-refractivity contribution in [3.8, 4) is 11.3 Å². The van der Waals surface area contributed by atoms with Crippen LogP contribution in [0.4, 0.5) is 0 Å². The zero-order valence-corrected chi connectivity index (χ0v) is 10.6. The van der Waals surface area contributed by atoms with E-state index >= 15 is 0 Å². The van der Waals surface area contributed by atoms with E-state index in [1.54, 1.807) is 0 Å². The number of benzene rings is 1. The van der Waals surface area contributed by atoms with Crippen LogP contribution in [0.5, 0.6) is 0 Å². The van der Waals surface area contributed by atoms with Crippen molar-refractivity contribution < 1.29 is 9.90 Å². The topological polar surface area (TPSA) is 63.1 Å². The summed E-state index contributed by atoms with van der Waals surface area (Å²) in [7, 11) is 0. The molecule has 86 valence electrons. The summed E-state index contributed by atoms with van der Waals surface area (Å²) in [5.74, 6) is -1.05. The van der Waals surface area contributed by atoms with E-state index in [4.69, 9.17) is 5.11 Å². The fourth-order valence-electron chi connectivity index (χ4n) is 1.49. The number of halogens is 1. The first-order valence-electron chi connectivity index (χ1n) is 4.90. The van der Waals surface area contributed by atoms with Gasteiger partial charge in [0.25, 0.3) is 0 Å². The second-order valence-corrected chi connectivity index (χ2v) is 4.47. The van der Waals surface area contributed by atoms with Crippen LogP contribution in [-0.2, 0) is 0 Å². The molecule has 0 amide bonds. The van der Waals surface area contributed by atoms with Gasteiger partial charge in [0, 0.05) is 10.0 Å². The lowest BCUT2D eigenvalue weighted by Crippen LogP contribution is -2.01. The van der Waals surface area contributed by atoms with Crippen molar-refractivity contribution in [2.24, 2.45) is 0 Å². The number of aromatic nitrogens is 2. The molecule has 0 unspecified atom stereocenters. The quantitative estimate of drug-likeness (QED) is 0.924. The molecular weight excluding hydrogens is 284 g/mol. The molecule has 2 rings (SSSR count). The summed E-state index contributed by atoms with van der Waals surface area (Å²) in [6.45, 7) is 1.95. The van der Waals surface area contributed by atoms with Crippen molar-refractivity contribution in [3.63, 3.8) is 0 Å². The predicted octanol–water partition coefficient (Wildman–Crippen LogP) is 2.91. The van der Waals surface area contributed by atoms with E-state index in [0.29, 0.717) is 5.69 Å². The molecule has 4 nitrogen and oxygen atoms in total. The van der Waals surface area contributed by atoms with E-state index in [0.717, 1.165) is 15.6 Å². The Bertz CT molecular complexity index is 584. The third-order valence-electron chi connectivity index (χ3n) is 2.36. The predicted molar refractivity (Wildman–Crippen MR) is 66.9 cm³/mol. The molecule has 0 aliphatic heterocycles. The van der Waals surface area contributed by atoms with E-state index in [1.165, 1.54) is 12.4 Å². The fraction of sp³-hybridized carbons (Fsp3) is 0.0833. The van der Waals surface area contributed by atoms with Crippen LogP contribution >= 0.6 is 15.9 Å². The van der Waals surface area contributed by atoms with Gasteiger partial charge in [-0.15, -0.1) is 0 Å². The van der Waals surface area contributed by atoms with Crippen LogP contribution < -0.4 is 0 Å². The second-order valence-electron chi connectivity index (χ2n) is 3.55. The minimum Gasteiger partial charge on any atom is -0.477 e. The maximum atomic E-state index is 10.8. The van der Waals surface area contributed by atoms with Gasteiger partial charge in [-0.25, -0.2) is 14.8 Å². The van der Waals surface area contributed by atoms with E-state index in [2.05, 4.69) is 25.9 Å². The highest BCUT2D eigenvalue weighted by Crippen LogP contribution is 2.25. The lowest BCUT2D eigenvalue weighted by molar-refractivity contribution is 0.0690. The van der Waals surface area contributed by atoms with Crippen LogP contribution in [0.15, 0.2) is 35.1 Å². The van der Waals surface area contributed by atoms with E-state index in [-0.39, 0.29) is 5.69 Å². The Morgan fingerprint density at radius 3 is 2.76 bits per heavy atom. The Balaban J connectivity index is 2.56. The van der Waals surface area contributed by atoms with Crippen LogP contribution in [-0.4, -0.2) is 21.0 Å². The molecule has 0 bridgehead atoms. The summed E-state index contributed by atoms with van der Waals surface area (Å²) >= 11 is 3.38. The first-order valence-corrected chi connectivity index (χ1v) is 5.69. The molecule has 0 aliphatic carbocycles. The molecule has 0 aliphatic rings. The van der Waals surface area contributed by atoms with Gasteiger partial charge in [0.15, 0.2) is 5.69 Å². The number of aromatic carboxylic acids is 1. The highest BCUT2D eigenvalue weighted by Gasteiger charge is 2.09. The molecule has 1 aromatic heterocycles. The number of hydrogen-bond donors (Lipinski definition) is 1. The number of rotatable bonds is 2. The molecule has 17 heavy (non-hydrogen) atoms. The number of hydrogen-bond acceptors (Lipinski definition) is 3. The van der Waals surface area contributed by atoms with Crippen LogP contribution in [0.2, 0.25) is 0 Å². The minimum absolute atomic E-state index is 0.00521. The summed E-state index contributed by atoms with van der Waals surface area (Å²) < 4.78 is 0.925. The average molecular weight is 293 g/mol. The first-order chi connectivity index (χ1) is 8.08. The maximum absolute atomic E-state index is 10.8. The van der Waals surface area contributed by atoms with Gasteiger partial charge in [-0.1, -0.05) is 22.0 Å². The summed E-state index contributed by atoms with van der Waals surface area (Å²) in [4.78, 5) is 18.6. The Hall–Kier alpha value is -1.75. The molecule has 1 aromatic carbocycles. The lowest BCUT2D eigenvalue weighted by Gasteiger charge is -2.06. The van der Waals surface area contributed by atoms with Crippen molar-refractivity contribution in [1.29, 1.82) is 0 Å². The zero-order chi connectivity index (χ0) is 12.4. The third kappa shape index (κ3) is 2.50. The monoisotopic (exact) mass is 292 g/mol. The van der Waals surface area contributed by atoms with Gasteiger partial charge in [0.1, 0.15) is 6.33 Å². The average Bonchev–Trinajstić information content (AvgIpc) is 2.32. The van der Waals surface area contributed by atoms with Gasteiger partial charge >= 0.3 is 5.97 Å². The summed E-state index contributed by atoms with van der Waals surface area (Å²) in [6, 6.07) is 7.25. The molecule has 1 heterocycles. The number of aryl methyl sites for hydroxylation is 1. The molecule has 0 saturated heterocycles. The van der Waals surface area contributed by atoms with Gasteiger partial charge in [-0.3, -0.25) is 0 Å². The molecule has 0 atom stereocenters. The molecular formula is C12H9BrN2O2. The third-order valence-corrected chi connectivity index (χ3v) is 2.86. The molecule has 0 fully saturated rings. The van der Waals surface area contributed by atoms with Crippen LogP contribution in [0, 0.1) is 6.92 Å².